The average Bonchev–Trinajstić information content (AvgIpc) is 2.59. The molecule has 1 aromatic rings. The van der Waals surface area contributed by atoms with E-state index in [-0.39, 0.29) is 11.6 Å². The van der Waals surface area contributed by atoms with Crippen molar-refractivity contribution in [3.63, 3.8) is 0 Å². The Morgan fingerprint density at radius 1 is 1.04 bits per heavy atom. The van der Waals surface area contributed by atoms with Gasteiger partial charge in [0, 0.05) is 5.56 Å². The number of allylic oxidation sites excluding steroid dienone is 1. The molecule has 1 rings (SSSR count). The van der Waals surface area contributed by atoms with Crippen LogP contribution in [0.2, 0.25) is 0 Å². The van der Waals surface area contributed by atoms with Crippen molar-refractivity contribution in [1.29, 1.82) is 0 Å². The SMILES string of the molecule is CCCCCCCC/C=C(\NC(=O)c1ccccc1)C(=O)OC. The Bertz CT molecular complexity index is 509. The van der Waals surface area contributed by atoms with E-state index in [1.807, 2.05) is 6.07 Å². The van der Waals surface area contributed by atoms with E-state index in [1.54, 1.807) is 30.3 Å². The lowest BCUT2D eigenvalue weighted by atomic mass is 10.1. The minimum atomic E-state index is -0.514. The minimum Gasteiger partial charge on any atom is -0.464 e. The highest BCUT2D eigenvalue weighted by atomic mass is 16.5. The fourth-order valence-corrected chi connectivity index (χ4v) is 2.25. The molecular formula is C19H27NO3. The molecule has 0 saturated carbocycles. The molecule has 4 nitrogen and oxygen atoms in total. The van der Waals surface area contributed by atoms with Crippen LogP contribution in [0, 0.1) is 0 Å². The van der Waals surface area contributed by atoms with E-state index in [4.69, 9.17) is 4.74 Å². The van der Waals surface area contributed by atoms with Crippen molar-refractivity contribution in [2.24, 2.45) is 0 Å². The number of rotatable bonds is 10. The first-order chi connectivity index (χ1) is 11.2. The Hall–Kier alpha value is -2.10. The summed E-state index contributed by atoms with van der Waals surface area (Å²) in [7, 11) is 1.32. The third-order valence-corrected chi connectivity index (χ3v) is 3.60. The van der Waals surface area contributed by atoms with Crippen molar-refractivity contribution >= 4 is 11.9 Å². The number of methoxy groups -OCH3 is 1. The van der Waals surface area contributed by atoms with Crippen molar-refractivity contribution in [2.75, 3.05) is 7.11 Å². The molecule has 23 heavy (non-hydrogen) atoms. The number of esters is 1. The van der Waals surface area contributed by atoms with Gasteiger partial charge in [0.15, 0.2) is 0 Å². The van der Waals surface area contributed by atoms with Gasteiger partial charge in [-0.15, -0.1) is 0 Å². The van der Waals surface area contributed by atoms with Gasteiger partial charge in [0.1, 0.15) is 5.70 Å². The normalized spacial score (nSPS) is 11.1. The van der Waals surface area contributed by atoms with Crippen molar-refractivity contribution in [3.05, 3.63) is 47.7 Å². The van der Waals surface area contributed by atoms with Gasteiger partial charge in [0.25, 0.3) is 5.91 Å². The second kappa shape index (κ2) is 11.5. The molecule has 1 aromatic carbocycles. The van der Waals surface area contributed by atoms with Gasteiger partial charge in [-0.1, -0.05) is 63.3 Å². The molecular weight excluding hydrogens is 290 g/mol. The van der Waals surface area contributed by atoms with Crippen LogP contribution >= 0.6 is 0 Å². The molecule has 4 heteroatoms. The zero-order valence-electron chi connectivity index (χ0n) is 14.1. The van der Waals surface area contributed by atoms with Crippen LogP contribution in [0.15, 0.2) is 42.1 Å². The van der Waals surface area contributed by atoms with E-state index in [0.29, 0.717) is 5.56 Å². The summed E-state index contributed by atoms with van der Waals surface area (Å²) in [4.78, 5) is 23.9. The number of carbonyl (C=O) groups excluding carboxylic acids is 2. The quantitative estimate of drug-likeness (QED) is 0.399. The Labute approximate surface area is 138 Å². The molecule has 0 bridgehead atoms. The summed E-state index contributed by atoms with van der Waals surface area (Å²) < 4.78 is 4.74. The molecule has 0 saturated heterocycles. The molecule has 0 heterocycles. The van der Waals surface area contributed by atoms with Gasteiger partial charge in [0.05, 0.1) is 7.11 Å². The van der Waals surface area contributed by atoms with Crippen LogP contribution in [0.5, 0.6) is 0 Å². The maximum absolute atomic E-state index is 12.1. The zero-order valence-corrected chi connectivity index (χ0v) is 14.1. The van der Waals surface area contributed by atoms with Gasteiger partial charge >= 0.3 is 5.97 Å². The summed E-state index contributed by atoms with van der Waals surface area (Å²) in [5.41, 5.74) is 0.733. The van der Waals surface area contributed by atoms with Gasteiger partial charge in [-0.3, -0.25) is 4.79 Å². The first-order valence-electron chi connectivity index (χ1n) is 8.34. The molecule has 0 aliphatic rings. The summed E-state index contributed by atoms with van der Waals surface area (Å²) in [5, 5.41) is 2.64. The van der Waals surface area contributed by atoms with Crippen LogP contribution in [0.4, 0.5) is 0 Å². The Morgan fingerprint density at radius 3 is 2.35 bits per heavy atom. The molecule has 0 unspecified atom stereocenters. The van der Waals surface area contributed by atoms with Crippen molar-refractivity contribution in [2.45, 2.75) is 51.9 Å². The number of ether oxygens (including phenoxy) is 1. The number of hydrogen-bond acceptors (Lipinski definition) is 3. The molecule has 0 radical (unpaired) electrons. The van der Waals surface area contributed by atoms with Gasteiger partial charge < -0.3 is 10.1 Å². The summed E-state index contributed by atoms with van der Waals surface area (Å²) in [6.07, 6.45) is 9.63. The van der Waals surface area contributed by atoms with Crippen molar-refractivity contribution in [3.8, 4) is 0 Å². The van der Waals surface area contributed by atoms with Gasteiger partial charge in [-0.05, 0) is 25.0 Å². The van der Waals surface area contributed by atoms with Crippen molar-refractivity contribution < 1.29 is 14.3 Å². The summed E-state index contributed by atoms with van der Waals surface area (Å²) in [6, 6.07) is 8.82. The third kappa shape index (κ3) is 7.63. The monoisotopic (exact) mass is 317 g/mol. The van der Waals surface area contributed by atoms with E-state index in [1.165, 1.54) is 32.8 Å². The molecule has 0 spiro atoms. The molecule has 0 aliphatic heterocycles. The van der Waals surface area contributed by atoms with Crippen LogP contribution in [0.3, 0.4) is 0 Å². The molecule has 0 atom stereocenters. The number of benzene rings is 1. The van der Waals surface area contributed by atoms with E-state index in [2.05, 4.69) is 12.2 Å². The first kappa shape index (κ1) is 18.9. The fraction of sp³-hybridized carbons (Fsp3) is 0.474. The highest BCUT2D eigenvalue weighted by Crippen LogP contribution is 2.09. The summed E-state index contributed by atoms with van der Waals surface area (Å²) in [5.74, 6) is -0.814. The maximum atomic E-state index is 12.1. The topological polar surface area (TPSA) is 55.4 Å². The van der Waals surface area contributed by atoms with Crippen LogP contribution in [0.25, 0.3) is 0 Å². The van der Waals surface area contributed by atoms with E-state index < -0.39 is 5.97 Å². The lowest BCUT2D eigenvalue weighted by molar-refractivity contribution is -0.136. The second-order valence-electron chi connectivity index (χ2n) is 5.49. The molecule has 1 N–H and O–H groups in total. The highest BCUT2D eigenvalue weighted by Gasteiger charge is 2.13. The number of hydrogen-bond donors (Lipinski definition) is 1. The predicted molar refractivity (Wildman–Crippen MR) is 92.0 cm³/mol. The lowest BCUT2D eigenvalue weighted by Gasteiger charge is -2.08. The van der Waals surface area contributed by atoms with Crippen LogP contribution in [-0.4, -0.2) is 19.0 Å². The molecule has 0 aliphatic carbocycles. The standard InChI is InChI=1S/C19H27NO3/c1-3-4-5-6-7-8-12-15-17(19(22)23-2)20-18(21)16-13-10-9-11-14-16/h9-11,13-15H,3-8,12H2,1-2H3,(H,20,21)/b17-15-. The van der Waals surface area contributed by atoms with Gasteiger partial charge in [-0.2, -0.15) is 0 Å². The largest absolute Gasteiger partial charge is 0.464 e. The lowest BCUT2D eigenvalue weighted by Crippen LogP contribution is -2.28. The van der Waals surface area contributed by atoms with E-state index in [9.17, 15) is 9.59 Å². The van der Waals surface area contributed by atoms with Gasteiger partial charge in [-0.25, -0.2) is 4.79 Å². The van der Waals surface area contributed by atoms with E-state index in [0.717, 1.165) is 19.3 Å². The zero-order chi connectivity index (χ0) is 16.9. The molecule has 0 aromatic heterocycles. The van der Waals surface area contributed by atoms with Crippen LogP contribution < -0.4 is 5.32 Å². The number of unbranched alkanes of at least 4 members (excludes halogenated alkanes) is 6. The van der Waals surface area contributed by atoms with Crippen LogP contribution in [-0.2, 0) is 9.53 Å². The van der Waals surface area contributed by atoms with E-state index >= 15 is 0 Å². The Balaban J connectivity index is 2.50. The van der Waals surface area contributed by atoms with Crippen molar-refractivity contribution in [1.82, 2.24) is 5.32 Å². The Kier molecular flexibility index (Phi) is 9.45. The second-order valence-corrected chi connectivity index (χ2v) is 5.49. The minimum absolute atomic E-state index is 0.218. The van der Waals surface area contributed by atoms with Gasteiger partial charge in [0.2, 0.25) is 0 Å². The molecule has 0 fully saturated rings. The first-order valence-corrected chi connectivity index (χ1v) is 8.34. The maximum Gasteiger partial charge on any atom is 0.354 e. The Morgan fingerprint density at radius 2 is 1.70 bits per heavy atom. The highest BCUT2D eigenvalue weighted by molar-refractivity contribution is 6.00. The predicted octanol–water partition coefficient (Wildman–Crippen LogP) is 4.22. The molecule has 1 amide bonds. The summed E-state index contributed by atoms with van der Waals surface area (Å²) in [6.45, 7) is 2.20. The fourth-order valence-electron chi connectivity index (χ4n) is 2.25. The number of nitrogens with one attached hydrogen (secondary N) is 1. The average molecular weight is 317 g/mol. The third-order valence-electron chi connectivity index (χ3n) is 3.60. The summed E-state index contributed by atoms with van der Waals surface area (Å²) >= 11 is 0. The smallest absolute Gasteiger partial charge is 0.354 e. The van der Waals surface area contributed by atoms with Crippen LogP contribution in [0.1, 0.15) is 62.2 Å². The number of carbonyl (C=O) groups is 2. The number of amides is 1. The molecule has 126 valence electrons.